The minimum absolute atomic E-state index is 0.0879. The fourth-order valence-electron chi connectivity index (χ4n) is 2.23. The number of thioether (sulfide) groups is 1. The van der Waals surface area contributed by atoms with Gasteiger partial charge in [-0.1, -0.05) is 0 Å². The van der Waals surface area contributed by atoms with Crippen LogP contribution in [0.15, 0.2) is 23.1 Å². The van der Waals surface area contributed by atoms with Gasteiger partial charge in [0.2, 0.25) is 5.91 Å². The lowest BCUT2D eigenvalue weighted by Crippen LogP contribution is -2.44. The van der Waals surface area contributed by atoms with Gasteiger partial charge in [-0.15, -0.1) is 11.8 Å². The van der Waals surface area contributed by atoms with E-state index in [9.17, 15) is 13.6 Å². The minimum Gasteiger partial charge on any atom is -0.355 e. The highest BCUT2D eigenvalue weighted by Crippen LogP contribution is 2.19. The Morgan fingerprint density at radius 3 is 2.77 bits per heavy atom. The molecule has 1 aliphatic rings. The van der Waals surface area contributed by atoms with Crippen LogP contribution in [-0.4, -0.2) is 55.8 Å². The van der Waals surface area contributed by atoms with Crippen LogP contribution in [0.2, 0.25) is 0 Å². The first-order valence-electron chi connectivity index (χ1n) is 7.43. The predicted molar refractivity (Wildman–Crippen MR) is 84.0 cm³/mol. The number of amides is 1. The summed E-state index contributed by atoms with van der Waals surface area (Å²) in [5, 5.41) is 6.15. The lowest BCUT2D eigenvalue weighted by Gasteiger charge is -2.27. The van der Waals surface area contributed by atoms with E-state index in [2.05, 4.69) is 15.5 Å². The quantitative estimate of drug-likeness (QED) is 0.587. The summed E-state index contributed by atoms with van der Waals surface area (Å²) in [6.45, 7) is 5.79. The van der Waals surface area contributed by atoms with E-state index in [-0.39, 0.29) is 11.7 Å². The maximum absolute atomic E-state index is 13.0. The Labute approximate surface area is 133 Å². The Hall–Kier alpha value is -1.18. The first-order chi connectivity index (χ1) is 10.6. The third kappa shape index (κ3) is 5.90. The summed E-state index contributed by atoms with van der Waals surface area (Å²) in [7, 11) is 0. The van der Waals surface area contributed by atoms with Gasteiger partial charge in [-0.3, -0.25) is 4.79 Å². The topological polar surface area (TPSA) is 44.4 Å². The van der Waals surface area contributed by atoms with Gasteiger partial charge in [-0.2, -0.15) is 0 Å². The van der Waals surface area contributed by atoms with Crippen molar-refractivity contribution >= 4 is 17.7 Å². The monoisotopic (exact) mass is 329 g/mol. The number of hydrogen-bond acceptors (Lipinski definition) is 4. The number of rotatable bonds is 7. The largest absolute Gasteiger partial charge is 0.355 e. The van der Waals surface area contributed by atoms with Gasteiger partial charge in [0, 0.05) is 37.6 Å². The zero-order valence-corrected chi connectivity index (χ0v) is 13.2. The summed E-state index contributed by atoms with van der Waals surface area (Å²) in [5.41, 5.74) is 0. The molecule has 0 unspecified atom stereocenters. The first-order valence-corrected chi connectivity index (χ1v) is 8.41. The van der Waals surface area contributed by atoms with Crippen LogP contribution in [0.3, 0.4) is 0 Å². The smallest absolute Gasteiger partial charge is 0.230 e. The van der Waals surface area contributed by atoms with Crippen LogP contribution in [0.25, 0.3) is 0 Å². The highest BCUT2D eigenvalue weighted by molar-refractivity contribution is 8.00. The lowest BCUT2D eigenvalue weighted by atomic mass is 10.3. The molecule has 1 amide bonds. The fourth-order valence-corrected chi connectivity index (χ4v) is 2.98. The Morgan fingerprint density at radius 1 is 1.27 bits per heavy atom. The van der Waals surface area contributed by atoms with Gasteiger partial charge >= 0.3 is 0 Å². The van der Waals surface area contributed by atoms with Crippen LogP contribution in [0.1, 0.15) is 6.42 Å². The van der Waals surface area contributed by atoms with E-state index in [1.807, 2.05) is 0 Å². The standard InChI is InChI=1S/C15H21F2N3OS/c16-13-3-2-12(10-14(13)17)22-11-15(21)19-4-1-7-20-8-5-18-6-9-20/h2-3,10,18H,1,4-9,11H2,(H,19,21). The zero-order chi connectivity index (χ0) is 15.8. The number of halogens is 2. The van der Waals surface area contributed by atoms with Crippen molar-refractivity contribution in [3.05, 3.63) is 29.8 Å². The van der Waals surface area contributed by atoms with Crippen LogP contribution in [0.4, 0.5) is 8.78 Å². The maximum Gasteiger partial charge on any atom is 0.230 e. The van der Waals surface area contributed by atoms with Crippen molar-refractivity contribution in [2.24, 2.45) is 0 Å². The molecule has 0 saturated carbocycles. The van der Waals surface area contributed by atoms with E-state index >= 15 is 0 Å². The summed E-state index contributed by atoms with van der Waals surface area (Å²) >= 11 is 1.20. The molecule has 1 saturated heterocycles. The molecule has 2 rings (SSSR count). The molecule has 0 aliphatic carbocycles. The van der Waals surface area contributed by atoms with Crippen LogP contribution in [0.5, 0.6) is 0 Å². The molecule has 0 radical (unpaired) electrons. The van der Waals surface area contributed by atoms with E-state index in [0.29, 0.717) is 11.4 Å². The van der Waals surface area contributed by atoms with Gasteiger partial charge in [-0.05, 0) is 31.2 Å². The predicted octanol–water partition coefficient (Wildman–Crippen LogP) is 1.47. The molecule has 0 aromatic heterocycles. The van der Waals surface area contributed by atoms with E-state index < -0.39 is 11.6 Å². The Morgan fingerprint density at radius 2 is 2.05 bits per heavy atom. The average molecular weight is 329 g/mol. The van der Waals surface area contributed by atoms with Crippen molar-refractivity contribution in [2.75, 3.05) is 45.0 Å². The first kappa shape index (κ1) is 17.2. The molecule has 0 bridgehead atoms. The van der Waals surface area contributed by atoms with E-state index in [0.717, 1.165) is 51.3 Å². The summed E-state index contributed by atoms with van der Waals surface area (Å²) < 4.78 is 25.8. The van der Waals surface area contributed by atoms with Crippen molar-refractivity contribution < 1.29 is 13.6 Å². The normalized spacial score (nSPS) is 15.7. The number of carbonyl (C=O) groups excluding carboxylic acids is 1. The molecule has 22 heavy (non-hydrogen) atoms. The summed E-state index contributed by atoms with van der Waals surface area (Å²) in [4.78, 5) is 14.6. The Balaban J connectivity index is 1.58. The van der Waals surface area contributed by atoms with Crippen LogP contribution in [-0.2, 0) is 4.79 Å². The van der Waals surface area contributed by atoms with Gasteiger partial charge in [0.1, 0.15) is 0 Å². The summed E-state index contributed by atoms with van der Waals surface area (Å²) in [6.07, 6.45) is 0.918. The van der Waals surface area contributed by atoms with Gasteiger partial charge < -0.3 is 15.5 Å². The lowest BCUT2D eigenvalue weighted by molar-refractivity contribution is -0.118. The van der Waals surface area contributed by atoms with E-state index in [1.54, 1.807) is 0 Å². The molecule has 1 aliphatic heterocycles. The third-order valence-corrected chi connectivity index (χ3v) is 4.44. The molecule has 122 valence electrons. The zero-order valence-electron chi connectivity index (χ0n) is 12.4. The molecule has 1 aromatic carbocycles. The molecule has 1 aromatic rings. The number of nitrogens with zero attached hydrogens (tertiary/aromatic N) is 1. The van der Waals surface area contributed by atoms with Crippen LogP contribution < -0.4 is 10.6 Å². The van der Waals surface area contributed by atoms with E-state index in [1.165, 1.54) is 17.8 Å². The van der Waals surface area contributed by atoms with Crippen molar-refractivity contribution in [1.82, 2.24) is 15.5 Å². The number of benzene rings is 1. The van der Waals surface area contributed by atoms with Crippen molar-refractivity contribution in [1.29, 1.82) is 0 Å². The second-order valence-electron chi connectivity index (χ2n) is 5.16. The second kappa shape index (κ2) is 9.07. The SMILES string of the molecule is O=C(CSc1ccc(F)c(F)c1)NCCCN1CCNCC1. The van der Waals surface area contributed by atoms with Crippen molar-refractivity contribution in [3.8, 4) is 0 Å². The number of hydrogen-bond donors (Lipinski definition) is 2. The molecule has 2 N–H and O–H groups in total. The van der Waals surface area contributed by atoms with E-state index in [4.69, 9.17) is 0 Å². The Kier molecular flexibility index (Phi) is 7.08. The minimum atomic E-state index is -0.888. The van der Waals surface area contributed by atoms with Gasteiger partial charge in [0.15, 0.2) is 11.6 Å². The van der Waals surface area contributed by atoms with Crippen molar-refractivity contribution in [2.45, 2.75) is 11.3 Å². The van der Waals surface area contributed by atoms with Gasteiger partial charge in [0.05, 0.1) is 5.75 Å². The number of carbonyl (C=O) groups is 1. The molecular weight excluding hydrogens is 308 g/mol. The highest BCUT2D eigenvalue weighted by atomic mass is 32.2. The molecule has 7 heteroatoms. The Bertz CT molecular complexity index is 496. The van der Waals surface area contributed by atoms with Crippen LogP contribution in [0, 0.1) is 11.6 Å². The molecule has 0 spiro atoms. The van der Waals surface area contributed by atoms with Crippen LogP contribution >= 0.6 is 11.8 Å². The molecule has 4 nitrogen and oxygen atoms in total. The van der Waals surface area contributed by atoms with Crippen molar-refractivity contribution in [3.63, 3.8) is 0 Å². The van der Waals surface area contributed by atoms with Gasteiger partial charge in [-0.25, -0.2) is 8.78 Å². The number of nitrogens with one attached hydrogen (secondary N) is 2. The highest BCUT2D eigenvalue weighted by Gasteiger charge is 2.09. The maximum atomic E-state index is 13.0. The molecule has 1 heterocycles. The van der Waals surface area contributed by atoms with Gasteiger partial charge in [0.25, 0.3) is 0 Å². The molecule has 0 atom stereocenters. The molecular formula is C15H21F2N3OS. The average Bonchev–Trinajstić information content (AvgIpc) is 2.54. The third-order valence-electron chi connectivity index (χ3n) is 3.44. The molecule has 1 fully saturated rings. The number of piperazine rings is 1. The summed E-state index contributed by atoms with van der Waals surface area (Å²) in [5.74, 6) is -1.64. The fraction of sp³-hybridized carbons (Fsp3) is 0.533. The second-order valence-corrected chi connectivity index (χ2v) is 6.21. The summed E-state index contributed by atoms with van der Waals surface area (Å²) in [6, 6.07) is 3.65.